The summed E-state index contributed by atoms with van der Waals surface area (Å²) < 4.78 is 0. The molecule has 0 saturated heterocycles. The maximum absolute atomic E-state index is 11.1. The molecule has 0 radical (unpaired) electrons. The van der Waals surface area contributed by atoms with E-state index >= 15 is 0 Å². The molecule has 0 aliphatic carbocycles. The molecule has 0 amide bonds. The maximum atomic E-state index is 11.1. The van der Waals surface area contributed by atoms with Gasteiger partial charge in [0.15, 0.2) is 0 Å². The van der Waals surface area contributed by atoms with Crippen LogP contribution < -0.4 is 0 Å². The van der Waals surface area contributed by atoms with Gasteiger partial charge in [0.2, 0.25) is 0 Å². The van der Waals surface area contributed by atoms with Crippen molar-refractivity contribution in [2.45, 2.75) is 59.3 Å². The summed E-state index contributed by atoms with van der Waals surface area (Å²) in [5.41, 5.74) is 0.789. The number of unbranched alkanes of at least 4 members (excludes halogenated alkanes) is 3. The van der Waals surface area contributed by atoms with Crippen LogP contribution in [0.5, 0.6) is 0 Å². The van der Waals surface area contributed by atoms with Crippen LogP contribution in [-0.2, 0) is 4.79 Å². The molecule has 0 heterocycles. The summed E-state index contributed by atoms with van der Waals surface area (Å²) in [6.07, 6.45) is 6.12. The number of aliphatic imine (C=N–C) groups is 1. The third-order valence-corrected chi connectivity index (χ3v) is 2.77. The van der Waals surface area contributed by atoms with Gasteiger partial charge in [-0.05, 0) is 19.8 Å². The minimum Gasteiger partial charge on any atom is -0.481 e. The minimum atomic E-state index is -0.731. The molecule has 1 N–H and O–H groups in total. The molecule has 0 spiro atoms. The van der Waals surface area contributed by atoms with E-state index in [1.807, 2.05) is 6.92 Å². The molecule has 16 heavy (non-hydrogen) atoms. The summed E-state index contributed by atoms with van der Waals surface area (Å²) in [6.45, 7) is 6.85. The average molecular weight is 227 g/mol. The van der Waals surface area contributed by atoms with Gasteiger partial charge in [0.05, 0.1) is 5.92 Å². The van der Waals surface area contributed by atoms with Gasteiger partial charge < -0.3 is 5.11 Å². The Labute approximate surface area is 99.0 Å². The van der Waals surface area contributed by atoms with E-state index < -0.39 is 5.97 Å². The molecular formula is C13H25NO2. The fraction of sp³-hybridized carbons (Fsp3) is 0.846. The maximum Gasteiger partial charge on any atom is 0.312 e. The van der Waals surface area contributed by atoms with Gasteiger partial charge in [-0.15, -0.1) is 0 Å². The van der Waals surface area contributed by atoms with E-state index in [0.29, 0.717) is 0 Å². The molecule has 0 fully saturated rings. The van der Waals surface area contributed by atoms with E-state index in [0.717, 1.165) is 37.9 Å². The molecule has 0 rings (SSSR count). The Bertz CT molecular complexity index is 224. The Morgan fingerprint density at radius 1 is 1.19 bits per heavy atom. The van der Waals surface area contributed by atoms with E-state index in [1.165, 1.54) is 12.8 Å². The Morgan fingerprint density at radius 3 is 2.31 bits per heavy atom. The van der Waals surface area contributed by atoms with Gasteiger partial charge in [0.1, 0.15) is 0 Å². The lowest BCUT2D eigenvalue weighted by Gasteiger charge is -2.11. The van der Waals surface area contributed by atoms with Crippen molar-refractivity contribution in [3.05, 3.63) is 0 Å². The van der Waals surface area contributed by atoms with Gasteiger partial charge in [0, 0.05) is 12.3 Å². The highest BCUT2D eigenvalue weighted by molar-refractivity contribution is 6.00. The monoisotopic (exact) mass is 227 g/mol. The average Bonchev–Trinajstić information content (AvgIpc) is 2.24. The Hall–Kier alpha value is -0.860. The highest BCUT2D eigenvalue weighted by Gasteiger charge is 2.19. The van der Waals surface area contributed by atoms with Crippen LogP contribution in [0.3, 0.4) is 0 Å². The van der Waals surface area contributed by atoms with E-state index in [2.05, 4.69) is 18.8 Å². The molecule has 0 saturated carbocycles. The molecule has 3 heteroatoms. The molecule has 0 aromatic rings. The number of hydrogen-bond donors (Lipinski definition) is 1. The highest BCUT2D eigenvalue weighted by Crippen LogP contribution is 2.11. The fourth-order valence-corrected chi connectivity index (χ4v) is 1.65. The van der Waals surface area contributed by atoms with Gasteiger partial charge in [-0.3, -0.25) is 9.79 Å². The Balaban J connectivity index is 4.14. The molecule has 0 aliphatic rings. The number of hydrogen-bond acceptors (Lipinski definition) is 2. The summed E-state index contributed by atoms with van der Waals surface area (Å²) >= 11 is 0. The van der Waals surface area contributed by atoms with Gasteiger partial charge in [-0.2, -0.15) is 0 Å². The fourth-order valence-electron chi connectivity index (χ4n) is 1.65. The van der Waals surface area contributed by atoms with Crippen LogP contribution in [0.15, 0.2) is 4.99 Å². The van der Waals surface area contributed by atoms with Crippen molar-refractivity contribution >= 4 is 11.7 Å². The van der Waals surface area contributed by atoms with Gasteiger partial charge >= 0.3 is 5.97 Å². The number of aliphatic carboxylic acids is 1. The third kappa shape index (κ3) is 6.59. The predicted molar refractivity (Wildman–Crippen MR) is 68.2 cm³/mol. The Morgan fingerprint density at radius 2 is 1.81 bits per heavy atom. The van der Waals surface area contributed by atoms with Crippen molar-refractivity contribution in [1.29, 1.82) is 0 Å². The van der Waals surface area contributed by atoms with Crippen LogP contribution in [0.2, 0.25) is 0 Å². The zero-order valence-corrected chi connectivity index (χ0v) is 10.8. The van der Waals surface area contributed by atoms with E-state index in [9.17, 15) is 4.79 Å². The minimum absolute atomic E-state index is 0.374. The second-order valence-corrected chi connectivity index (χ2v) is 4.26. The normalized spacial score (nSPS) is 13.8. The first kappa shape index (κ1) is 15.1. The molecule has 0 aromatic carbocycles. The lowest BCUT2D eigenvalue weighted by atomic mass is 9.98. The van der Waals surface area contributed by atoms with Crippen molar-refractivity contribution < 1.29 is 9.90 Å². The van der Waals surface area contributed by atoms with Crippen molar-refractivity contribution in [2.75, 3.05) is 6.54 Å². The molecular weight excluding hydrogens is 202 g/mol. The number of nitrogens with zero attached hydrogens (tertiary/aromatic N) is 1. The zero-order valence-electron chi connectivity index (χ0n) is 10.8. The van der Waals surface area contributed by atoms with E-state index in [4.69, 9.17) is 5.11 Å². The first-order chi connectivity index (χ1) is 7.63. The largest absolute Gasteiger partial charge is 0.481 e. The van der Waals surface area contributed by atoms with Crippen LogP contribution in [-0.4, -0.2) is 23.3 Å². The second kappa shape index (κ2) is 9.37. The highest BCUT2D eigenvalue weighted by atomic mass is 16.4. The molecule has 0 aliphatic heterocycles. The Kier molecular flexibility index (Phi) is 8.87. The molecule has 1 unspecified atom stereocenters. The summed E-state index contributed by atoms with van der Waals surface area (Å²) in [6, 6.07) is 0. The summed E-state index contributed by atoms with van der Waals surface area (Å²) in [5, 5.41) is 9.09. The number of rotatable bonds is 9. The first-order valence-electron chi connectivity index (χ1n) is 6.37. The smallest absolute Gasteiger partial charge is 0.312 e. The molecule has 3 nitrogen and oxygen atoms in total. The topological polar surface area (TPSA) is 49.7 Å². The standard InChI is InChI=1S/C13H25NO2/c1-4-6-8-10-14-11(3)12(13(15)16)9-7-5-2/h12H,4-10H2,1-3H3,(H,15,16)/b14-11-. The third-order valence-electron chi connectivity index (χ3n) is 2.77. The molecule has 0 bridgehead atoms. The van der Waals surface area contributed by atoms with Crippen LogP contribution in [0.4, 0.5) is 0 Å². The van der Waals surface area contributed by atoms with Crippen LogP contribution in [0, 0.1) is 5.92 Å². The van der Waals surface area contributed by atoms with Gasteiger partial charge in [0.25, 0.3) is 0 Å². The SMILES string of the molecule is CCCCC/N=C(/C)C(CCCC)C(=O)O. The summed E-state index contributed by atoms with van der Waals surface area (Å²) in [4.78, 5) is 15.4. The van der Waals surface area contributed by atoms with Crippen molar-refractivity contribution in [3.63, 3.8) is 0 Å². The quantitative estimate of drug-likeness (QED) is 0.484. The number of carbonyl (C=O) groups is 1. The van der Waals surface area contributed by atoms with Crippen molar-refractivity contribution in [3.8, 4) is 0 Å². The second-order valence-electron chi connectivity index (χ2n) is 4.26. The van der Waals surface area contributed by atoms with Crippen LogP contribution in [0.25, 0.3) is 0 Å². The van der Waals surface area contributed by atoms with Gasteiger partial charge in [-0.25, -0.2) is 0 Å². The molecule has 1 atom stereocenters. The summed E-state index contributed by atoms with van der Waals surface area (Å²) in [7, 11) is 0. The van der Waals surface area contributed by atoms with Crippen molar-refractivity contribution in [1.82, 2.24) is 0 Å². The van der Waals surface area contributed by atoms with Crippen LogP contribution in [0.1, 0.15) is 59.3 Å². The number of carboxylic acid groups (broad SMARTS) is 1. The van der Waals surface area contributed by atoms with E-state index in [1.54, 1.807) is 0 Å². The summed E-state index contributed by atoms with van der Waals surface area (Å²) in [5.74, 6) is -1.10. The first-order valence-corrected chi connectivity index (χ1v) is 6.37. The lowest BCUT2D eigenvalue weighted by Crippen LogP contribution is -2.22. The van der Waals surface area contributed by atoms with Gasteiger partial charge in [-0.1, -0.05) is 39.5 Å². The van der Waals surface area contributed by atoms with E-state index in [-0.39, 0.29) is 5.92 Å². The van der Waals surface area contributed by atoms with Crippen LogP contribution >= 0.6 is 0 Å². The molecule has 0 aromatic heterocycles. The molecule has 94 valence electrons. The number of carboxylic acids is 1. The van der Waals surface area contributed by atoms with Crippen molar-refractivity contribution in [2.24, 2.45) is 10.9 Å². The lowest BCUT2D eigenvalue weighted by molar-refractivity contribution is -0.139. The zero-order chi connectivity index (χ0) is 12.4. The predicted octanol–water partition coefficient (Wildman–Crippen LogP) is 3.53.